The molecule has 5 nitrogen and oxygen atoms in total. The number of pyridine rings is 1. The van der Waals surface area contributed by atoms with Gasteiger partial charge in [-0.2, -0.15) is 0 Å². The lowest BCUT2D eigenvalue weighted by molar-refractivity contribution is 0.0465. The number of para-hydroxylation sites is 1. The highest BCUT2D eigenvalue weighted by molar-refractivity contribution is 5.91. The lowest BCUT2D eigenvalue weighted by Gasteiger charge is -2.06. The van der Waals surface area contributed by atoms with Crippen molar-refractivity contribution in [3.63, 3.8) is 0 Å². The van der Waals surface area contributed by atoms with E-state index in [0.717, 1.165) is 16.5 Å². The normalized spacial score (nSPS) is 10.4. The van der Waals surface area contributed by atoms with Gasteiger partial charge in [-0.25, -0.2) is 14.6 Å². The third-order valence-corrected chi connectivity index (χ3v) is 3.55. The summed E-state index contributed by atoms with van der Waals surface area (Å²) in [6.45, 7) is 0.106. The molecule has 2 aromatic carbocycles. The van der Waals surface area contributed by atoms with Crippen molar-refractivity contribution < 1.29 is 19.1 Å². The molecule has 5 heteroatoms. The van der Waals surface area contributed by atoms with Gasteiger partial charge < -0.3 is 9.47 Å². The van der Waals surface area contributed by atoms with Gasteiger partial charge in [0.05, 0.1) is 18.2 Å². The molecule has 1 aromatic heterocycles. The maximum atomic E-state index is 12.1. The highest BCUT2D eigenvalue weighted by Crippen LogP contribution is 2.13. The minimum absolute atomic E-state index is 0.106. The standard InChI is InChI=1S/C19H15NO4/c1-23-18(21)15-8-6-13(7-9-15)12-24-19(22)17-11-10-14-4-2-3-5-16(14)20-17/h2-11H,12H2,1H3. The Morgan fingerprint density at radius 2 is 1.67 bits per heavy atom. The van der Waals surface area contributed by atoms with Gasteiger partial charge in [0.2, 0.25) is 0 Å². The van der Waals surface area contributed by atoms with E-state index >= 15 is 0 Å². The van der Waals surface area contributed by atoms with Crippen LogP contribution in [0, 0.1) is 0 Å². The molecule has 3 aromatic rings. The Balaban J connectivity index is 1.67. The lowest BCUT2D eigenvalue weighted by atomic mass is 10.1. The maximum absolute atomic E-state index is 12.1. The van der Waals surface area contributed by atoms with Gasteiger partial charge in [-0.15, -0.1) is 0 Å². The Bertz CT molecular complexity index is 887. The number of fused-ring (bicyclic) bond motifs is 1. The average Bonchev–Trinajstić information content (AvgIpc) is 2.65. The van der Waals surface area contributed by atoms with E-state index in [0.29, 0.717) is 5.56 Å². The molecular formula is C19H15NO4. The van der Waals surface area contributed by atoms with Crippen molar-refractivity contribution in [1.29, 1.82) is 0 Å². The predicted molar refractivity (Wildman–Crippen MR) is 88.6 cm³/mol. The van der Waals surface area contributed by atoms with Crippen LogP contribution in [-0.2, 0) is 16.1 Å². The number of benzene rings is 2. The zero-order valence-electron chi connectivity index (χ0n) is 13.1. The molecule has 0 unspecified atom stereocenters. The van der Waals surface area contributed by atoms with Crippen molar-refractivity contribution in [3.8, 4) is 0 Å². The molecule has 0 aliphatic heterocycles. The summed E-state index contributed by atoms with van der Waals surface area (Å²) in [5.74, 6) is -0.892. The van der Waals surface area contributed by atoms with Crippen LogP contribution in [0.2, 0.25) is 0 Å². The number of esters is 2. The number of rotatable bonds is 4. The largest absolute Gasteiger partial charge is 0.465 e. The first-order valence-corrected chi connectivity index (χ1v) is 7.37. The fourth-order valence-electron chi connectivity index (χ4n) is 2.26. The number of hydrogen-bond donors (Lipinski definition) is 0. The number of methoxy groups -OCH3 is 1. The zero-order valence-corrected chi connectivity index (χ0v) is 13.1. The van der Waals surface area contributed by atoms with Crippen LogP contribution in [0.3, 0.4) is 0 Å². The molecule has 0 atom stereocenters. The Labute approximate surface area is 138 Å². The third-order valence-electron chi connectivity index (χ3n) is 3.55. The SMILES string of the molecule is COC(=O)c1ccc(COC(=O)c2ccc3ccccc3n2)cc1. The smallest absolute Gasteiger partial charge is 0.357 e. The third kappa shape index (κ3) is 3.41. The van der Waals surface area contributed by atoms with Crippen molar-refractivity contribution in [1.82, 2.24) is 4.98 Å². The summed E-state index contributed by atoms with van der Waals surface area (Å²) >= 11 is 0. The van der Waals surface area contributed by atoms with Crippen LogP contribution in [0.15, 0.2) is 60.7 Å². The fourth-order valence-corrected chi connectivity index (χ4v) is 2.26. The summed E-state index contributed by atoms with van der Waals surface area (Å²) in [6, 6.07) is 17.7. The van der Waals surface area contributed by atoms with E-state index in [4.69, 9.17) is 4.74 Å². The first-order chi connectivity index (χ1) is 11.7. The van der Waals surface area contributed by atoms with Gasteiger partial charge in [-0.05, 0) is 29.8 Å². The summed E-state index contributed by atoms with van der Waals surface area (Å²) < 4.78 is 9.91. The molecule has 0 saturated carbocycles. The van der Waals surface area contributed by atoms with Crippen LogP contribution in [0.4, 0.5) is 0 Å². The van der Waals surface area contributed by atoms with Crippen LogP contribution >= 0.6 is 0 Å². The molecule has 0 bridgehead atoms. The van der Waals surface area contributed by atoms with Gasteiger partial charge in [0.15, 0.2) is 0 Å². The highest BCUT2D eigenvalue weighted by Gasteiger charge is 2.10. The summed E-state index contributed by atoms with van der Waals surface area (Å²) in [7, 11) is 1.33. The predicted octanol–water partition coefficient (Wildman–Crippen LogP) is 3.38. The molecule has 0 N–H and O–H groups in total. The van der Waals surface area contributed by atoms with E-state index in [1.54, 1.807) is 30.3 Å². The quantitative estimate of drug-likeness (QED) is 0.689. The topological polar surface area (TPSA) is 65.5 Å². The van der Waals surface area contributed by atoms with E-state index in [-0.39, 0.29) is 12.3 Å². The summed E-state index contributed by atoms with van der Waals surface area (Å²) in [4.78, 5) is 27.8. The number of carbonyl (C=O) groups is 2. The van der Waals surface area contributed by atoms with Gasteiger partial charge in [-0.3, -0.25) is 0 Å². The Hall–Kier alpha value is -3.21. The van der Waals surface area contributed by atoms with Gasteiger partial charge in [0.25, 0.3) is 0 Å². The molecule has 3 rings (SSSR count). The number of aromatic nitrogens is 1. The maximum Gasteiger partial charge on any atom is 0.357 e. The number of ether oxygens (including phenoxy) is 2. The molecule has 0 aliphatic carbocycles. The number of carbonyl (C=O) groups excluding carboxylic acids is 2. The second-order valence-electron chi connectivity index (χ2n) is 5.15. The number of nitrogens with zero attached hydrogens (tertiary/aromatic N) is 1. The first-order valence-electron chi connectivity index (χ1n) is 7.37. The van der Waals surface area contributed by atoms with Gasteiger partial charge in [0, 0.05) is 5.39 Å². The number of hydrogen-bond acceptors (Lipinski definition) is 5. The molecule has 0 aliphatic rings. The van der Waals surface area contributed by atoms with E-state index in [1.165, 1.54) is 7.11 Å². The molecule has 24 heavy (non-hydrogen) atoms. The van der Waals surface area contributed by atoms with Crippen molar-refractivity contribution >= 4 is 22.8 Å². The van der Waals surface area contributed by atoms with Crippen molar-refractivity contribution in [3.05, 3.63) is 77.5 Å². The second-order valence-corrected chi connectivity index (χ2v) is 5.15. The summed E-state index contributed by atoms with van der Waals surface area (Å²) in [5, 5.41) is 0.965. The molecule has 1 heterocycles. The Kier molecular flexibility index (Phi) is 4.52. The van der Waals surface area contributed by atoms with E-state index in [1.807, 2.05) is 30.3 Å². The van der Waals surface area contributed by atoms with Crippen LogP contribution in [-0.4, -0.2) is 24.0 Å². The lowest BCUT2D eigenvalue weighted by Crippen LogP contribution is -2.08. The molecule has 0 spiro atoms. The molecule has 0 amide bonds. The van der Waals surface area contributed by atoms with Crippen molar-refractivity contribution in [2.24, 2.45) is 0 Å². The molecule has 0 radical (unpaired) electrons. The summed E-state index contributed by atoms with van der Waals surface area (Å²) in [5.41, 5.74) is 2.23. The molecule has 0 fully saturated rings. The van der Waals surface area contributed by atoms with Crippen molar-refractivity contribution in [2.75, 3.05) is 7.11 Å². The zero-order chi connectivity index (χ0) is 16.9. The Morgan fingerprint density at radius 1 is 0.917 bits per heavy atom. The minimum atomic E-state index is -0.488. The van der Waals surface area contributed by atoms with E-state index in [2.05, 4.69) is 9.72 Å². The first kappa shape index (κ1) is 15.7. The van der Waals surface area contributed by atoms with Gasteiger partial charge in [-0.1, -0.05) is 36.4 Å². The second kappa shape index (κ2) is 6.91. The van der Waals surface area contributed by atoms with E-state index < -0.39 is 11.9 Å². The minimum Gasteiger partial charge on any atom is -0.465 e. The van der Waals surface area contributed by atoms with Crippen LogP contribution in [0.5, 0.6) is 0 Å². The molecule has 0 saturated heterocycles. The molecule has 120 valence electrons. The van der Waals surface area contributed by atoms with E-state index in [9.17, 15) is 9.59 Å². The summed E-state index contributed by atoms with van der Waals surface area (Å²) in [6.07, 6.45) is 0. The van der Waals surface area contributed by atoms with Gasteiger partial charge >= 0.3 is 11.9 Å². The highest BCUT2D eigenvalue weighted by atomic mass is 16.5. The van der Waals surface area contributed by atoms with Crippen LogP contribution in [0.1, 0.15) is 26.4 Å². The average molecular weight is 321 g/mol. The fraction of sp³-hybridized carbons (Fsp3) is 0.105. The van der Waals surface area contributed by atoms with Gasteiger partial charge in [0.1, 0.15) is 12.3 Å². The molecular weight excluding hydrogens is 306 g/mol. The monoisotopic (exact) mass is 321 g/mol. The Morgan fingerprint density at radius 3 is 2.42 bits per heavy atom. The van der Waals surface area contributed by atoms with Crippen LogP contribution < -0.4 is 0 Å². The van der Waals surface area contributed by atoms with Crippen molar-refractivity contribution in [2.45, 2.75) is 6.61 Å². The van der Waals surface area contributed by atoms with Crippen LogP contribution in [0.25, 0.3) is 10.9 Å².